The van der Waals surface area contributed by atoms with Crippen LogP contribution in [0.4, 0.5) is 0 Å². The van der Waals surface area contributed by atoms with Gasteiger partial charge in [0, 0.05) is 49.4 Å². The zero-order chi connectivity index (χ0) is 71.1. The number of nitriles is 9. The van der Waals surface area contributed by atoms with E-state index < -0.39 is 0 Å². The van der Waals surface area contributed by atoms with Crippen LogP contribution in [0.1, 0.15) is 50.1 Å². The van der Waals surface area contributed by atoms with E-state index in [0.29, 0.717) is 118 Å². The molecule has 0 aliphatic carbocycles. The Morgan fingerprint density at radius 3 is 0.760 bits per heavy atom. The minimum Gasteiger partial charge on any atom is -0.309 e. The topological polar surface area (TPSA) is 263 Å². The first-order valence-electron chi connectivity index (χ1n) is 32.7. The van der Waals surface area contributed by atoms with Gasteiger partial charge >= 0.3 is 0 Å². The molecule has 0 N–H and O–H groups in total. The van der Waals surface area contributed by atoms with Crippen molar-refractivity contribution in [2.75, 3.05) is 0 Å². The van der Waals surface area contributed by atoms with E-state index in [0.717, 1.165) is 88.1 Å². The van der Waals surface area contributed by atoms with E-state index in [4.69, 9.17) is 15.0 Å². The lowest BCUT2D eigenvalue weighted by Gasteiger charge is -2.21. The third-order valence-corrected chi connectivity index (χ3v) is 18.7. The van der Waals surface area contributed by atoms with E-state index in [1.807, 2.05) is 140 Å². The van der Waals surface area contributed by atoms with Crippen LogP contribution in [0.5, 0.6) is 0 Å². The Morgan fingerprint density at radius 1 is 0.192 bits per heavy atom. The van der Waals surface area contributed by atoms with Crippen LogP contribution in [-0.4, -0.2) is 24.1 Å². The molecular weight excluding hydrogens is 1280 g/mol. The van der Waals surface area contributed by atoms with Crippen molar-refractivity contribution in [1.82, 2.24) is 24.1 Å². The standard InChI is InChI=1S/C90H44N14/c91-45-54-8-7-13-65(30-54)66-14-20-82(103-83-21-15-67(72-31-55(46-92)26-56(32-72)47-93)40-77(83)78-41-68(16-22-84(78)103)73-33-57(48-94)27-58(34-73)49-95)76(39-66)81-44-71(90-101-88(63-9-3-1-4-10-63)100-89(102-90)64-11-5-2-6-12-64)19-25-87(81)104-85-23-17-69(74-35-59(50-96)28-60(36-74)51-97)42-79(85)80-43-70(18-24-86(80)104)75-37-61(52-98)29-62(38-75)53-99/h1-44H. The molecule has 14 heteroatoms. The Kier molecular flexibility index (Phi) is 15.7. The Labute approximate surface area is 595 Å². The van der Waals surface area contributed by atoms with Gasteiger partial charge in [-0.2, -0.15) is 47.4 Å². The predicted octanol–water partition coefficient (Wildman–Crippen LogP) is 19.9. The van der Waals surface area contributed by atoms with Crippen molar-refractivity contribution in [1.29, 1.82) is 47.4 Å². The minimum absolute atomic E-state index is 0.324. The smallest absolute Gasteiger partial charge is 0.164 e. The summed E-state index contributed by atoms with van der Waals surface area (Å²) in [4.78, 5) is 15.6. The Bertz CT molecular complexity index is 6340. The number of nitrogens with zero attached hydrogens (tertiary/aromatic N) is 14. The molecule has 0 spiro atoms. The van der Waals surface area contributed by atoms with Gasteiger partial charge < -0.3 is 9.13 Å². The third kappa shape index (κ3) is 11.3. The van der Waals surface area contributed by atoms with Crippen LogP contribution in [0, 0.1) is 102 Å². The number of benzene rings is 13. The molecule has 0 atom stereocenters. The Hall–Kier alpha value is -16.1. The summed E-state index contributed by atoms with van der Waals surface area (Å²) in [5, 5.41) is 95.4. The number of aromatic nitrogens is 5. The van der Waals surface area contributed by atoms with E-state index in [9.17, 15) is 47.4 Å². The van der Waals surface area contributed by atoms with Crippen molar-refractivity contribution >= 4 is 43.6 Å². The average molecular weight is 1320 g/mol. The van der Waals surface area contributed by atoms with Gasteiger partial charge in [0.05, 0.1) is 138 Å². The Balaban J connectivity index is 1.04. The molecule has 0 saturated carbocycles. The van der Waals surface area contributed by atoms with Crippen LogP contribution in [-0.2, 0) is 0 Å². The molecule has 474 valence electrons. The summed E-state index contributed by atoms with van der Waals surface area (Å²) >= 11 is 0. The molecule has 13 aromatic carbocycles. The highest BCUT2D eigenvalue weighted by Gasteiger charge is 2.26. The normalized spacial score (nSPS) is 10.8. The van der Waals surface area contributed by atoms with Crippen molar-refractivity contribution < 1.29 is 0 Å². The second-order valence-corrected chi connectivity index (χ2v) is 24.9. The second kappa shape index (κ2) is 26.0. The van der Waals surface area contributed by atoms with Gasteiger partial charge in [0.15, 0.2) is 17.5 Å². The summed E-state index contributed by atoms with van der Waals surface area (Å²) < 4.78 is 4.42. The molecule has 14 nitrogen and oxygen atoms in total. The molecule has 16 aromatic rings. The number of hydrogen-bond donors (Lipinski definition) is 0. The molecule has 0 aliphatic heterocycles. The highest BCUT2D eigenvalue weighted by Crippen LogP contribution is 2.47. The molecule has 0 unspecified atom stereocenters. The van der Waals surface area contributed by atoms with Crippen molar-refractivity contribution in [3.63, 3.8) is 0 Å². The van der Waals surface area contributed by atoms with Crippen LogP contribution in [0.2, 0.25) is 0 Å². The fraction of sp³-hybridized carbons (Fsp3) is 0. The first-order chi connectivity index (χ1) is 51.0. The molecule has 0 radical (unpaired) electrons. The van der Waals surface area contributed by atoms with Crippen molar-refractivity contribution in [3.8, 4) is 167 Å². The maximum Gasteiger partial charge on any atom is 0.164 e. The van der Waals surface area contributed by atoms with Gasteiger partial charge in [-0.25, -0.2) is 15.0 Å². The van der Waals surface area contributed by atoms with E-state index in [-0.39, 0.29) is 0 Å². The summed E-state index contributed by atoms with van der Waals surface area (Å²) in [5.74, 6) is 1.29. The quantitative estimate of drug-likeness (QED) is 0.117. The van der Waals surface area contributed by atoms with Crippen molar-refractivity contribution in [2.45, 2.75) is 0 Å². The number of fused-ring (bicyclic) bond motifs is 6. The van der Waals surface area contributed by atoms with Crippen LogP contribution in [0.25, 0.3) is 156 Å². The van der Waals surface area contributed by atoms with Crippen LogP contribution >= 0.6 is 0 Å². The maximum atomic E-state index is 10.4. The first-order valence-corrected chi connectivity index (χ1v) is 32.7. The predicted molar refractivity (Wildman–Crippen MR) is 400 cm³/mol. The van der Waals surface area contributed by atoms with Crippen LogP contribution in [0.3, 0.4) is 0 Å². The lowest BCUT2D eigenvalue weighted by Crippen LogP contribution is -2.04. The molecule has 16 rings (SSSR count). The highest BCUT2D eigenvalue weighted by atomic mass is 15.0. The molecule has 3 heterocycles. The summed E-state index contributed by atoms with van der Waals surface area (Å²) in [5.41, 5.74) is 18.3. The van der Waals surface area contributed by atoms with Gasteiger partial charge in [-0.05, 0) is 219 Å². The molecule has 3 aromatic heterocycles. The maximum absolute atomic E-state index is 10.4. The molecular formula is C90H44N14. The largest absolute Gasteiger partial charge is 0.309 e. The minimum atomic E-state index is 0.324. The SMILES string of the molecule is N#Cc1cccc(-c2ccc(-n3c4ccc(-c5cc(C#N)cc(C#N)c5)cc4c4cc(-c5cc(C#N)cc(C#N)c5)ccc43)c(-c3cc(-c4nc(-c5ccccc5)nc(-c5ccccc5)n4)ccc3-n3c4ccc(-c5cc(C#N)cc(C#N)c5)cc4c4cc(-c5cc(C#N)cc(C#N)c5)ccc43)c2)c1. The highest BCUT2D eigenvalue weighted by molar-refractivity contribution is 6.14. The summed E-state index contributed by atoms with van der Waals surface area (Å²) in [6.45, 7) is 0. The lowest BCUT2D eigenvalue weighted by molar-refractivity contribution is 1.07. The molecule has 0 fully saturated rings. The van der Waals surface area contributed by atoms with Gasteiger partial charge in [0.2, 0.25) is 0 Å². The molecule has 104 heavy (non-hydrogen) atoms. The summed E-state index contributed by atoms with van der Waals surface area (Å²) in [7, 11) is 0. The van der Waals surface area contributed by atoms with Gasteiger partial charge in [0.1, 0.15) is 0 Å². The monoisotopic (exact) mass is 1320 g/mol. The summed E-state index contributed by atoms with van der Waals surface area (Å²) in [6, 6.07) is 104. The fourth-order valence-electron chi connectivity index (χ4n) is 13.9. The second-order valence-electron chi connectivity index (χ2n) is 24.9. The van der Waals surface area contributed by atoms with Gasteiger partial charge in [-0.15, -0.1) is 0 Å². The number of hydrogen-bond acceptors (Lipinski definition) is 12. The van der Waals surface area contributed by atoms with E-state index in [2.05, 4.69) is 112 Å². The zero-order valence-electron chi connectivity index (χ0n) is 54.7. The summed E-state index contributed by atoms with van der Waals surface area (Å²) in [6.07, 6.45) is 0. The average Bonchev–Trinajstić information content (AvgIpc) is 1.58. The van der Waals surface area contributed by atoms with Crippen LogP contribution < -0.4 is 0 Å². The fourth-order valence-corrected chi connectivity index (χ4v) is 13.9. The van der Waals surface area contributed by atoms with Gasteiger partial charge in [-0.3, -0.25) is 0 Å². The van der Waals surface area contributed by atoms with Crippen molar-refractivity contribution in [3.05, 3.63) is 317 Å². The third-order valence-electron chi connectivity index (χ3n) is 18.7. The van der Waals surface area contributed by atoms with Crippen molar-refractivity contribution in [2.24, 2.45) is 0 Å². The van der Waals surface area contributed by atoms with E-state index in [1.165, 1.54) is 0 Å². The molecule has 0 aliphatic rings. The first kappa shape index (κ1) is 62.7. The van der Waals surface area contributed by atoms with E-state index in [1.54, 1.807) is 78.9 Å². The van der Waals surface area contributed by atoms with E-state index >= 15 is 0 Å². The Morgan fingerprint density at radius 2 is 0.442 bits per heavy atom. The zero-order valence-corrected chi connectivity index (χ0v) is 54.7. The van der Waals surface area contributed by atoms with Gasteiger partial charge in [-0.1, -0.05) is 103 Å². The van der Waals surface area contributed by atoms with Gasteiger partial charge in [0.25, 0.3) is 0 Å². The lowest BCUT2D eigenvalue weighted by atomic mass is 9.93. The number of rotatable bonds is 11. The molecule has 0 saturated heterocycles. The molecule has 0 amide bonds. The van der Waals surface area contributed by atoms with Crippen LogP contribution in [0.15, 0.2) is 267 Å². The molecule has 0 bridgehead atoms.